The van der Waals surface area contributed by atoms with Gasteiger partial charge < -0.3 is 29.9 Å². The van der Waals surface area contributed by atoms with Gasteiger partial charge in [-0.25, -0.2) is 9.78 Å². The van der Waals surface area contributed by atoms with Gasteiger partial charge in [0.15, 0.2) is 5.82 Å². The van der Waals surface area contributed by atoms with E-state index in [9.17, 15) is 4.79 Å². The van der Waals surface area contributed by atoms with E-state index in [1.54, 1.807) is 31.3 Å². The molecule has 2 N–H and O–H groups in total. The number of pyridine rings is 1. The van der Waals surface area contributed by atoms with E-state index in [4.69, 9.17) is 15.2 Å². The van der Waals surface area contributed by atoms with E-state index in [1.807, 2.05) is 11.0 Å². The van der Waals surface area contributed by atoms with Crippen molar-refractivity contribution >= 4 is 17.8 Å². The second-order valence-corrected chi connectivity index (χ2v) is 7.90. The summed E-state index contributed by atoms with van der Waals surface area (Å²) in [4.78, 5) is 35.4. The third-order valence-electron chi connectivity index (χ3n) is 5.33. The number of nitrogens with two attached hydrogens (primary N) is 1. The van der Waals surface area contributed by atoms with E-state index in [2.05, 4.69) is 24.8 Å². The lowest BCUT2D eigenvalue weighted by Crippen LogP contribution is -2.38. The third kappa shape index (κ3) is 5.10. The van der Waals surface area contributed by atoms with Gasteiger partial charge in [0.2, 0.25) is 5.95 Å². The number of aromatic nitrogens is 4. The Morgan fingerprint density at radius 1 is 1.23 bits per heavy atom. The molecule has 2 saturated heterocycles. The molecule has 2 fully saturated rings. The lowest BCUT2D eigenvalue weighted by Gasteiger charge is -2.27. The van der Waals surface area contributed by atoms with E-state index in [-0.39, 0.29) is 18.0 Å². The number of morpholine rings is 1. The first kappa shape index (κ1) is 21.0. The van der Waals surface area contributed by atoms with Crippen molar-refractivity contribution in [3.05, 3.63) is 18.3 Å². The van der Waals surface area contributed by atoms with Crippen molar-refractivity contribution in [2.45, 2.75) is 6.42 Å². The van der Waals surface area contributed by atoms with Crippen molar-refractivity contribution in [2.75, 3.05) is 70.7 Å². The molecule has 2 aromatic heterocycles. The van der Waals surface area contributed by atoms with Crippen LogP contribution in [0.15, 0.2) is 18.3 Å². The zero-order chi connectivity index (χ0) is 21.8. The fraction of sp³-hybridized carbons (Fsp3) is 0.550. The van der Waals surface area contributed by atoms with Crippen LogP contribution in [0.2, 0.25) is 0 Å². The third-order valence-corrected chi connectivity index (χ3v) is 5.33. The van der Waals surface area contributed by atoms with Crippen LogP contribution in [-0.4, -0.2) is 95.9 Å². The number of rotatable bonds is 5. The summed E-state index contributed by atoms with van der Waals surface area (Å²) >= 11 is 0. The molecule has 2 aromatic rings. The smallest absolute Gasteiger partial charge is 0.321 e. The van der Waals surface area contributed by atoms with Gasteiger partial charge in [0.25, 0.3) is 0 Å². The van der Waals surface area contributed by atoms with Gasteiger partial charge in [-0.1, -0.05) is 0 Å². The molecule has 166 valence electrons. The summed E-state index contributed by atoms with van der Waals surface area (Å²) < 4.78 is 11.4. The number of likely N-dealkylation sites (tertiary alicyclic amines) is 1. The number of hydrogen-bond acceptors (Lipinski definition) is 9. The Morgan fingerprint density at radius 2 is 2.03 bits per heavy atom. The molecule has 4 heterocycles. The molecule has 2 amide bonds. The molecule has 0 aliphatic carbocycles. The number of carbonyl (C=O) groups excluding carboxylic acids is 1. The SMILES string of the molecule is CN(C)C(=O)N1CCC(COc2nc(-c3ccc(N)nc3)nc(N3CCOCC3)n2)C1. The summed E-state index contributed by atoms with van der Waals surface area (Å²) in [5, 5.41) is 0. The Morgan fingerprint density at radius 3 is 2.74 bits per heavy atom. The topological polar surface area (TPSA) is 123 Å². The fourth-order valence-electron chi connectivity index (χ4n) is 3.60. The molecule has 0 spiro atoms. The number of amides is 2. The highest BCUT2D eigenvalue weighted by molar-refractivity contribution is 5.74. The molecule has 11 heteroatoms. The molecule has 2 aliphatic heterocycles. The predicted molar refractivity (Wildman–Crippen MR) is 115 cm³/mol. The van der Waals surface area contributed by atoms with Crippen LogP contribution >= 0.6 is 0 Å². The van der Waals surface area contributed by atoms with Crippen LogP contribution in [0.5, 0.6) is 6.01 Å². The molecular weight excluding hydrogens is 400 g/mol. The Labute approximate surface area is 181 Å². The van der Waals surface area contributed by atoms with Gasteiger partial charge in [-0.3, -0.25) is 0 Å². The van der Waals surface area contributed by atoms with Crippen LogP contribution in [0.4, 0.5) is 16.6 Å². The maximum Gasteiger partial charge on any atom is 0.321 e. The standard InChI is InChI=1S/C20H28N8O3/c1-26(2)20(29)28-6-5-14(12-28)13-31-19-24-17(15-3-4-16(21)22-11-15)23-18(25-19)27-7-9-30-10-8-27/h3-4,11,14H,5-10,12-13H2,1-2H3,(H2,21,22). The van der Waals surface area contributed by atoms with Crippen molar-refractivity contribution in [3.63, 3.8) is 0 Å². The molecule has 11 nitrogen and oxygen atoms in total. The summed E-state index contributed by atoms with van der Waals surface area (Å²) in [5.74, 6) is 1.70. The van der Waals surface area contributed by atoms with Gasteiger partial charge in [0.1, 0.15) is 5.82 Å². The van der Waals surface area contributed by atoms with Crippen LogP contribution in [-0.2, 0) is 4.74 Å². The van der Waals surface area contributed by atoms with Gasteiger partial charge >= 0.3 is 12.0 Å². The molecule has 1 atom stereocenters. The summed E-state index contributed by atoms with van der Waals surface area (Å²) in [6, 6.07) is 3.82. The predicted octanol–water partition coefficient (Wildman–Crippen LogP) is 0.735. The van der Waals surface area contributed by atoms with Gasteiger partial charge in [-0.15, -0.1) is 0 Å². The molecule has 4 rings (SSSR count). The summed E-state index contributed by atoms with van der Waals surface area (Å²) in [7, 11) is 3.52. The van der Waals surface area contributed by atoms with Crippen LogP contribution in [0.3, 0.4) is 0 Å². The number of nitrogens with zero attached hydrogens (tertiary/aromatic N) is 7. The molecule has 0 radical (unpaired) electrons. The maximum atomic E-state index is 12.2. The largest absolute Gasteiger partial charge is 0.463 e. The van der Waals surface area contributed by atoms with Crippen LogP contribution in [0, 0.1) is 5.92 Å². The lowest BCUT2D eigenvalue weighted by atomic mass is 10.1. The van der Waals surface area contributed by atoms with Crippen molar-refractivity contribution in [1.82, 2.24) is 29.7 Å². The minimum atomic E-state index is 0.0235. The molecule has 2 aliphatic rings. The number of carbonyl (C=O) groups is 1. The van der Waals surface area contributed by atoms with Gasteiger partial charge in [0.05, 0.1) is 19.8 Å². The zero-order valence-corrected chi connectivity index (χ0v) is 17.9. The first-order chi connectivity index (χ1) is 15.0. The van der Waals surface area contributed by atoms with Gasteiger partial charge in [-0.2, -0.15) is 15.0 Å². The molecule has 0 bridgehead atoms. The van der Waals surface area contributed by atoms with Gasteiger partial charge in [-0.05, 0) is 18.6 Å². The van der Waals surface area contributed by atoms with E-state index in [0.29, 0.717) is 57.0 Å². The first-order valence-electron chi connectivity index (χ1n) is 10.4. The van der Waals surface area contributed by atoms with E-state index >= 15 is 0 Å². The monoisotopic (exact) mass is 428 g/mol. The average molecular weight is 428 g/mol. The number of ether oxygens (including phenoxy) is 2. The number of anilines is 2. The Balaban J connectivity index is 1.50. The second-order valence-electron chi connectivity index (χ2n) is 7.90. The van der Waals surface area contributed by atoms with E-state index in [0.717, 1.165) is 18.5 Å². The van der Waals surface area contributed by atoms with Crippen molar-refractivity contribution in [1.29, 1.82) is 0 Å². The number of hydrogen-bond donors (Lipinski definition) is 1. The van der Waals surface area contributed by atoms with Crippen LogP contribution < -0.4 is 15.4 Å². The minimum Gasteiger partial charge on any atom is -0.463 e. The second kappa shape index (κ2) is 9.29. The summed E-state index contributed by atoms with van der Waals surface area (Å²) in [5.41, 5.74) is 6.44. The zero-order valence-electron chi connectivity index (χ0n) is 17.9. The highest BCUT2D eigenvalue weighted by atomic mass is 16.5. The van der Waals surface area contributed by atoms with Crippen molar-refractivity contribution in [2.24, 2.45) is 5.92 Å². The Bertz CT molecular complexity index is 902. The molecular formula is C20H28N8O3. The maximum absolute atomic E-state index is 12.2. The molecule has 1 unspecified atom stereocenters. The molecule has 31 heavy (non-hydrogen) atoms. The van der Waals surface area contributed by atoms with E-state index in [1.165, 1.54) is 0 Å². The normalized spacial score (nSPS) is 18.8. The minimum absolute atomic E-state index is 0.0235. The molecule has 0 saturated carbocycles. The van der Waals surface area contributed by atoms with Crippen LogP contribution in [0.1, 0.15) is 6.42 Å². The van der Waals surface area contributed by atoms with Crippen molar-refractivity contribution in [3.8, 4) is 17.4 Å². The average Bonchev–Trinajstić information content (AvgIpc) is 3.27. The van der Waals surface area contributed by atoms with Gasteiger partial charge in [0, 0.05) is 58.0 Å². The van der Waals surface area contributed by atoms with E-state index < -0.39 is 0 Å². The highest BCUT2D eigenvalue weighted by Gasteiger charge is 2.28. The Hall–Kier alpha value is -3.21. The quantitative estimate of drug-likeness (QED) is 0.734. The fourth-order valence-corrected chi connectivity index (χ4v) is 3.60. The highest BCUT2D eigenvalue weighted by Crippen LogP contribution is 2.23. The van der Waals surface area contributed by atoms with Crippen molar-refractivity contribution < 1.29 is 14.3 Å². The van der Waals surface area contributed by atoms with Crippen LogP contribution in [0.25, 0.3) is 11.4 Å². The summed E-state index contributed by atoms with van der Waals surface area (Å²) in [6.45, 7) is 4.47. The summed E-state index contributed by atoms with van der Waals surface area (Å²) in [6.07, 6.45) is 2.52. The first-order valence-corrected chi connectivity index (χ1v) is 10.4. The number of urea groups is 1. The lowest BCUT2D eigenvalue weighted by molar-refractivity contribution is 0.122. The Kier molecular flexibility index (Phi) is 6.31. The molecule has 0 aromatic carbocycles. The number of nitrogen functional groups attached to an aromatic ring is 1.